The molecule has 0 fully saturated rings. The summed E-state index contributed by atoms with van der Waals surface area (Å²) in [5.41, 5.74) is 17.2. The van der Waals surface area contributed by atoms with Crippen LogP contribution in [-0.4, -0.2) is 4.98 Å². The zero-order valence-corrected chi connectivity index (χ0v) is 30.8. The Bertz CT molecular complexity index is 2960. The number of nitrogens with one attached hydrogen (secondary N) is 1. The Labute approximate surface area is 327 Å². The van der Waals surface area contributed by atoms with Gasteiger partial charge < -0.3 is 9.88 Å². The fraction of sp³-hybridized carbons (Fsp3) is 0. The number of rotatable bonds is 8. The minimum absolute atomic E-state index is 1.09. The van der Waals surface area contributed by atoms with E-state index in [1.54, 1.807) is 0 Å². The van der Waals surface area contributed by atoms with Crippen molar-refractivity contribution in [1.82, 2.24) is 4.98 Å². The number of H-pyrrole nitrogens is 1. The maximum atomic E-state index is 3.85. The lowest BCUT2D eigenvalue weighted by Crippen LogP contribution is -2.14. The molecule has 0 amide bonds. The second-order valence-corrected chi connectivity index (χ2v) is 14.1. The molecule has 0 unspecified atom stereocenters. The molecular formula is C54H38N2. The Balaban J connectivity index is 1.33. The highest BCUT2D eigenvalue weighted by Crippen LogP contribution is 2.51. The van der Waals surface area contributed by atoms with Gasteiger partial charge in [0.2, 0.25) is 0 Å². The normalized spacial score (nSPS) is 11.2. The predicted octanol–water partition coefficient (Wildman–Crippen LogP) is 15.1. The summed E-state index contributed by atoms with van der Waals surface area (Å²) in [6.07, 6.45) is 0. The van der Waals surface area contributed by atoms with Crippen LogP contribution in [0.1, 0.15) is 0 Å². The topological polar surface area (TPSA) is 19.0 Å². The number of nitrogens with zero attached hydrogens (tertiary/aromatic N) is 1. The summed E-state index contributed by atoms with van der Waals surface area (Å²) < 4.78 is 0. The first-order valence-corrected chi connectivity index (χ1v) is 19.2. The quantitative estimate of drug-likeness (QED) is 0.166. The Morgan fingerprint density at radius 2 is 0.696 bits per heavy atom. The van der Waals surface area contributed by atoms with Crippen LogP contribution in [0.3, 0.4) is 0 Å². The van der Waals surface area contributed by atoms with Crippen LogP contribution >= 0.6 is 0 Å². The molecule has 0 atom stereocenters. The number of para-hydroxylation sites is 4. The summed E-state index contributed by atoms with van der Waals surface area (Å²) >= 11 is 0. The molecule has 0 aliphatic carbocycles. The van der Waals surface area contributed by atoms with E-state index in [0.29, 0.717) is 0 Å². The second kappa shape index (κ2) is 14.4. The van der Waals surface area contributed by atoms with Gasteiger partial charge in [0.15, 0.2) is 0 Å². The highest BCUT2D eigenvalue weighted by atomic mass is 15.2. The molecule has 0 aliphatic heterocycles. The summed E-state index contributed by atoms with van der Waals surface area (Å²) in [5, 5.41) is 2.43. The van der Waals surface area contributed by atoms with Crippen molar-refractivity contribution in [3.63, 3.8) is 0 Å². The molecule has 0 spiro atoms. The van der Waals surface area contributed by atoms with Gasteiger partial charge >= 0.3 is 0 Å². The van der Waals surface area contributed by atoms with E-state index in [0.717, 1.165) is 61.5 Å². The molecule has 264 valence electrons. The summed E-state index contributed by atoms with van der Waals surface area (Å²) in [7, 11) is 0. The number of aromatic amines is 1. The SMILES string of the molecule is c1ccc(-c2ccccc2-c2ccccc2N(c2ccccc2-c2ccccc2)c2cccc(-c3ccccc3)c2-c2cccc3c2[nH]c2ccccc23)cc1. The fourth-order valence-electron chi connectivity index (χ4n) is 8.35. The molecule has 2 nitrogen and oxygen atoms in total. The van der Waals surface area contributed by atoms with Gasteiger partial charge in [-0.3, -0.25) is 0 Å². The molecule has 0 radical (unpaired) electrons. The molecule has 0 aliphatic rings. The number of aromatic nitrogens is 1. The molecule has 9 aromatic carbocycles. The Kier molecular flexibility index (Phi) is 8.55. The number of hydrogen-bond acceptors (Lipinski definition) is 1. The first-order valence-electron chi connectivity index (χ1n) is 19.2. The summed E-state index contributed by atoms with van der Waals surface area (Å²) in [5.74, 6) is 0. The van der Waals surface area contributed by atoms with Crippen LogP contribution in [0, 0.1) is 0 Å². The molecule has 0 saturated carbocycles. The minimum atomic E-state index is 1.09. The van der Waals surface area contributed by atoms with E-state index in [-0.39, 0.29) is 0 Å². The zero-order valence-electron chi connectivity index (χ0n) is 30.8. The number of fused-ring (bicyclic) bond motifs is 3. The van der Waals surface area contributed by atoms with Crippen molar-refractivity contribution in [3.8, 4) is 55.6 Å². The average molecular weight is 715 g/mol. The van der Waals surface area contributed by atoms with Crippen LogP contribution in [0.2, 0.25) is 0 Å². The predicted molar refractivity (Wildman–Crippen MR) is 238 cm³/mol. The summed E-state index contributed by atoms with van der Waals surface area (Å²) in [6, 6.07) is 80.9. The van der Waals surface area contributed by atoms with Crippen molar-refractivity contribution in [2.45, 2.75) is 0 Å². The molecular weight excluding hydrogens is 677 g/mol. The third kappa shape index (κ3) is 5.85. The van der Waals surface area contributed by atoms with Gasteiger partial charge in [-0.1, -0.05) is 200 Å². The van der Waals surface area contributed by atoms with Gasteiger partial charge in [0.05, 0.1) is 22.6 Å². The largest absolute Gasteiger partial charge is 0.354 e. The van der Waals surface area contributed by atoms with E-state index < -0.39 is 0 Å². The van der Waals surface area contributed by atoms with Crippen molar-refractivity contribution in [3.05, 3.63) is 224 Å². The van der Waals surface area contributed by atoms with Crippen LogP contribution in [0.15, 0.2) is 224 Å². The second-order valence-electron chi connectivity index (χ2n) is 14.1. The molecule has 1 N–H and O–H groups in total. The van der Waals surface area contributed by atoms with Crippen LogP contribution in [0.4, 0.5) is 17.1 Å². The van der Waals surface area contributed by atoms with Gasteiger partial charge in [-0.15, -0.1) is 0 Å². The molecule has 1 heterocycles. The van der Waals surface area contributed by atoms with Crippen LogP contribution in [0.5, 0.6) is 0 Å². The van der Waals surface area contributed by atoms with E-state index in [1.807, 2.05) is 0 Å². The zero-order chi connectivity index (χ0) is 37.3. The van der Waals surface area contributed by atoms with E-state index in [2.05, 4.69) is 234 Å². The molecule has 0 bridgehead atoms. The Hall–Kier alpha value is -7.42. The van der Waals surface area contributed by atoms with Crippen molar-refractivity contribution < 1.29 is 0 Å². The maximum absolute atomic E-state index is 3.85. The summed E-state index contributed by atoms with van der Waals surface area (Å²) in [6.45, 7) is 0. The smallest absolute Gasteiger partial charge is 0.0547 e. The first-order chi connectivity index (χ1) is 27.8. The lowest BCUT2D eigenvalue weighted by molar-refractivity contribution is 1.28. The fourth-order valence-corrected chi connectivity index (χ4v) is 8.35. The van der Waals surface area contributed by atoms with Gasteiger partial charge in [-0.05, 0) is 57.6 Å². The van der Waals surface area contributed by atoms with Gasteiger partial charge in [0, 0.05) is 38.5 Å². The average Bonchev–Trinajstić information content (AvgIpc) is 3.67. The highest BCUT2D eigenvalue weighted by molar-refractivity contribution is 6.15. The highest BCUT2D eigenvalue weighted by Gasteiger charge is 2.26. The molecule has 0 saturated heterocycles. The Morgan fingerprint density at radius 1 is 0.268 bits per heavy atom. The molecule has 56 heavy (non-hydrogen) atoms. The molecule has 2 heteroatoms. The molecule has 10 aromatic rings. The molecule has 1 aromatic heterocycles. The first kappa shape index (κ1) is 33.2. The summed E-state index contributed by atoms with van der Waals surface area (Å²) in [4.78, 5) is 6.35. The number of hydrogen-bond donors (Lipinski definition) is 1. The third-order valence-electron chi connectivity index (χ3n) is 10.9. The van der Waals surface area contributed by atoms with Crippen molar-refractivity contribution in [2.24, 2.45) is 0 Å². The van der Waals surface area contributed by atoms with Crippen LogP contribution in [-0.2, 0) is 0 Å². The van der Waals surface area contributed by atoms with Crippen molar-refractivity contribution >= 4 is 38.9 Å². The van der Waals surface area contributed by atoms with Crippen LogP contribution in [0.25, 0.3) is 77.4 Å². The van der Waals surface area contributed by atoms with Gasteiger partial charge in [0.25, 0.3) is 0 Å². The monoisotopic (exact) mass is 714 g/mol. The van der Waals surface area contributed by atoms with Gasteiger partial charge in [0.1, 0.15) is 0 Å². The van der Waals surface area contributed by atoms with E-state index in [1.165, 1.54) is 33.0 Å². The lowest BCUT2D eigenvalue weighted by atomic mass is 9.89. The maximum Gasteiger partial charge on any atom is 0.0547 e. The van der Waals surface area contributed by atoms with E-state index >= 15 is 0 Å². The Morgan fingerprint density at radius 3 is 1.39 bits per heavy atom. The third-order valence-corrected chi connectivity index (χ3v) is 10.9. The van der Waals surface area contributed by atoms with Crippen LogP contribution < -0.4 is 4.90 Å². The lowest BCUT2D eigenvalue weighted by Gasteiger charge is -2.33. The van der Waals surface area contributed by atoms with Crippen molar-refractivity contribution in [2.75, 3.05) is 4.90 Å². The number of anilines is 3. The van der Waals surface area contributed by atoms with E-state index in [4.69, 9.17) is 0 Å². The van der Waals surface area contributed by atoms with Gasteiger partial charge in [-0.25, -0.2) is 0 Å². The standard InChI is InChI=1S/C54H38N2/c1-4-20-38(21-5-1)41-26-10-11-28-44(41)46-30-14-17-36-51(46)56(50-35-16-13-27-42(50)39-22-6-2-7-23-39)52-37-19-31-43(40-24-8-3-9-25-40)53(52)48-33-18-32-47-45-29-12-15-34-49(45)55-54(47)48/h1-37,55H. The van der Waals surface area contributed by atoms with E-state index in [9.17, 15) is 0 Å². The molecule has 10 rings (SSSR count). The van der Waals surface area contributed by atoms with Crippen molar-refractivity contribution in [1.29, 1.82) is 0 Å². The number of benzene rings is 9. The minimum Gasteiger partial charge on any atom is -0.354 e. The van der Waals surface area contributed by atoms with Gasteiger partial charge in [-0.2, -0.15) is 0 Å².